The predicted octanol–water partition coefficient (Wildman–Crippen LogP) is 2.64. The molecular formula is C12H13NOS. The van der Waals surface area contributed by atoms with Crippen LogP contribution in [0.1, 0.15) is 18.9 Å². The van der Waals surface area contributed by atoms with Crippen molar-refractivity contribution in [3.8, 4) is 0 Å². The molecule has 1 amide bonds. The number of carbonyl (C=O) groups excluding carboxylic acids is 1. The second kappa shape index (κ2) is 4.19. The minimum absolute atomic E-state index is 0.0209. The normalized spacial score (nSPS) is 25.5. The second-order valence-electron chi connectivity index (χ2n) is 3.47. The fourth-order valence-electron chi connectivity index (χ4n) is 1.84. The fraction of sp³-hybridized carbons (Fsp3) is 0.333. The summed E-state index contributed by atoms with van der Waals surface area (Å²) < 4.78 is -0.448. The van der Waals surface area contributed by atoms with Crippen LogP contribution in [-0.4, -0.2) is 17.9 Å². The van der Waals surface area contributed by atoms with Crippen molar-refractivity contribution in [2.45, 2.75) is 18.1 Å². The summed E-state index contributed by atoms with van der Waals surface area (Å²) in [6.45, 7) is 2.04. The van der Waals surface area contributed by atoms with Gasteiger partial charge in [0.15, 0.2) is 0 Å². The van der Waals surface area contributed by atoms with Crippen molar-refractivity contribution in [3.05, 3.63) is 35.9 Å². The van der Waals surface area contributed by atoms with Crippen molar-refractivity contribution in [1.29, 1.82) is 0 Å². The van der Waals surface area contributed by atoms with Gasteiger partial charge in [0, 0.05) is 12.0 Å². The third kappa shape index (κ3) is 1.72. The molecule has 1 aromatic carbocycles. The van der Waals surface area contributed by atoms with Crippen molar-refractivity contribution >= 4 is 23.9 Å². The molecule has 0 radical (unpaired) electrons. The first-order chi connectivity index (χ1) is 7.29. The van der Waals surface area contributed by atoms with Crippen LogP contribution < -0.4 is 0 Å². The van der Waals surface area contributed by atoms with Gasteiger partial charge in [-0.05, 0) is 12.0 Å². The number of hydrogen-bond acceptors (Lipinski definition) is 2. The van der Waals surface area contributed by atoms with Crippen LogP contribution in [0.5, 0.6) is 0 Å². The zero-order chi connectivity index (χ0) is 10.7. The maximum atomic E-state index is 11.9. The average Bonchev–Trinajstić information content (AvgIpc) is 2.31. The van der Waals surface area contributed by atoms with E-state index in [-0.39, 0.29) is 5.91 Å². The number of thioether (sulfide) groups is 1. The van der Waals surface area contributed by atoms with Crippen LogP contribution >= 0.6 is 11.8 Å². The molecule has 0 aromatic heterocycles. The van der Waals surface area contributed by atoms with Gasteiger partial charge in [0.05, 0.1) is 0 Å². The third-order valence-electron chi connectivity index (χ3n) is 2.70. The van der Waals surface area contributed by atoms with E-state index in [2.05, 4.69) is 4.99 Å². The summed E-state index contributed by atoms with van der Waals surface area (Å²) in [4.78, 5) is 15.9. The van der Waals surface area contributed by atoms with Gasteiger partial charge in [-0.3, -0.25) is 4.79 Å². The van der Waals surface area contributed by atoms with E-state index in [0.29, 0.717) is 0 Å². The van der Waals surface area contributed by atoms with Gasteiger partial charge in [0.1, 0.15) is 4.75 Å². The van der Waals surface area contributed by atoms with Crippen LogP contribution in [0.3, 0.4) is 0 Å². The molecule has 3 heteroatoms. The van der Waals surface area contributed by atoms with Crippen LogP contribution in [0.25, 0.3) is 0 Å². The molecule has 0 N–H and O–H groups in total. The summed E-state index contributed by atoms with van der Waals surface area (Å²) >= 11 is 1.67. The standard InChI is InChI=1S/C12H13NOS/c1-2-12(10-6-4-3-5-7-10)11(14)13-8-9-15-12/h3-8H,2,9H2,1H3. The molecule has 0 saturated carbocycles. The molecule has 1 unspecified atom stereocenters. The lowest BCUT2D eigenvalue weighted by Gasteiger charge is -2.30. The van der Waals surface area contributed by atoms with Crippen molar-refractivity contribution in [1.82, 2.24) is 0 Å². The van der Waals surface area contributed by atoms with E-state index in [0.717, 1.165) is 17.7 Å². The molecule has 1 atom stereocenters. The van der Waals surface area contributed by atoms with E-state index < -0.39 is 4.75 Å². The van der Waals surface area contributed by atoms with Crippen LogP contribution in [0.4, 0.5) is 0 Å². The highest BCUT2D eigenvalue weighted by molar-refractivity contribution is 8.01. The van der Waals surface area contributed by atoms with Crippen molar-refractivity contribution in [3.63, 3.8) is 0 Å². The summed E-state index contributed by atoms with van der Waals surface area (Å²) in [5.74, 6) is 0.793. The van der Waals surface area contributed by atoms with Crippen LogP contribution in [0, 0.1) is 0 Å². The van der Waals surface area contributed by atoms with Crippen molar-refractivity contribution < 1.29 is 4.79 Å². The Morgan fingerprint density at radius 2 is 2.13 bits per heavy atom. The molecule has 1 aliphatic rings. The van der Waals surface area contributed by atoms with Gasteiger partial charge < -0.3 is 0 Å². The Labute approximate surface area is 93.8 Å². The minimum Gasteiger partial charge on any atom is -0.271 e. The third-order valence-corrected chi connectivity index (χ3v) is 4.20. The van der Waals surface area contributed by atoms with E-state index in [9.17, 15) is 4.79 Å². The molecule has 0 bridgehead atoms. The lowest BCUT2D eigenvalue weighted by atomic mass is 9.94. The first-order valence-corrected chi connectivity index (χ1v) is 6.04. The SMILES string of the molecule is CCC1(c2ccccc2)SCC=NC1=O. The zero-order valence-electron chi connectivity index (χ0n) is 8.64. The van der Waals surface area contributed by atoms with Gasteiger partial charge in [-0.1, -0.05) is 37.3 Å². The van der Waals surface area contributed by atoms with E-state index in [4.69, 9.17) is 0 Å². The summed E-state index contributed by atoms with van der Waals surface area (Å²) in [7, 11) is 0. The summed E-state index contributed by atoms with van der Waals surface area (Å²) in [5, 5.41) is 0. The molecular weight excluding hydrogens is 206 g/mol. The van der Waals surface area contributed by atoms with E-state index in [1.807, 2.05) is 37.3 Å². The topological polar surface area (TPSA) is 29.4 Å². The Bertz CT molecular complexity index is 388. The number of benzene rings is 1. The number of amides is 1. The quantitative estimate of drug-likeness (QED) is 0.765. The molecule has 1 aromatic rings. The van der Waals surface area contributed by atoms with Gasteiger partial charge in [-0.2, -0.15) is 0 Å². The van der Waals surface area contributed by atoms with E-state index in [1.165, 1.54) is 0 Å². The van der Waals surface area contributed by atoms with Crippen LogP contribution in [-0.2, 0) is 9.54 Å². The molecule has 0 spiro atoms. The average molecular weight is 219 g/mol. The Morgan fingerprint density at radius 1 is 1.40 bits per heavy atom. The van der Waals surface area contributed by atoms with Crippen LogP contribution in [0.2, 0.25) is 0 Å². The molecule has 0 fully saturated rings. The number of hydrogen-bond donors (Lipinski definition) is 0. The number of carbonyl (C=O) groups is 1. The molecule has 0 saturated heterocycles. The predicted molar refractivity (Wildman–Crippen MR) is 64.4 cm³/mol. The number of nitrogens with zero attached hydrogens (tertiary/aromatic N) is 1. The maximum Gasteiger partial charge on any atom is 0.266 e. The second-order valence-corrected chi connectivity index (χ2v) is 4.79. The summed E-state index contributed by atoms with van der Waals surface area (Å²) in [5.41, 5.74) is 1.07. The molecule has 1 heterocycles. The highest BCUT2D eigenvalue weighted by atomic mass is 32.2. The van der Waals surface area contributed by atoms with Gasteiger partial charge in [0.2, 0.25) is 0 Å². The summed E-state index contributed by atoms with van der Waals surface area (Å²) in [6, 6.07) is 9.93. The Morgan fingerprint density at radius 3 is 2.73 bits per heavy atom. The largest absolute Gasteiger partial charge is 0.271 e. The Balaban J connectivity index is 2.46. The van der Waals surface area contributed by atoms with Gasteiger partial charge in [-0.15, -0.1) is 11.8 Å². The van der Waals surface area contributed by atoms with Crippen molar-refractivity contribution in [2.24, 2.45) is 4.99 Å². The maximum absolute atomic E-state index is 11.9. The van der Waals surface area contributed by atoms with Gasteiger partial charge in [0.25, 0.3) is 5.91 Å². The summed E-state index contributed by atoms with van der Waals surface area (Å²) in [6.07, 6.45) is 2.49. The van der Waals surface area contributed by atoms with Crippen LogP contribution in [0.15, 0.2) is 35.3 Å². The molecule has 2 rings (SSSR count). The number of aliphatic imine (C=N–C) groups is 1. The Hall–Kier alpha value is -1.09. The van der Waals surface area contributed by atoms with E-state index in [1.54, 1.807) is 18.0 Å². The van der Waals surface area contributed by atoms with E-state index >= 15 is 0 Å². The zero-order valence-corrected chi connectivity index (χ0v) is 9.46. The van der Waals surface area contributed by atoms with Gasteiger partial charge in [-0.25, -0.2) is 4.99 Å². The number of rotatable bonds is 2. The highest BCUT2D eigenvalue weighted by Crippen LogP contribution is 2.42. The highest BCUT2D eigenvalue weighted by Gasteiger charge is 2.40. The molecule has 78 valence electrons. The lowest BCUT2D eigenvalue weighted by Crippen LogP contribution is -2.33. The molecule has 2 nitrogen and oxygen atoms in total. The first-order valence-electron chi connectivity index (χ1n) is 5.06. The van der Waals surface area contributed by atoms with Gasteiger partial charge >= 0.3 is 0 Å². The van der Waals surface area contributed by atoms with Crippen molar-refractivity contribution in [2.75, 3.05) is 5.75 Å². The molecule has 1 aliphatic heterocycles. The minimum atomic E-state index is -0.448. The monoisotopic (exact) mass is 219 g/mol. The fourth-order valence-corrected chi connectivity index (χ4v) is 2.95. The first kappa shape index (κ1) is 10.4. The Kier molecular flexibility index (Phi) is 2.91. The molecule has 15 heavy (non-hydrogen) atoms. The lowest BCUT2D eigenvalue weighted by molar-refractivity contribution is -0.120. The smallest absolute Gasteiger partial charge is 0.266 e. The molecule has 0 aliphatic carbocycles.